The summed E-state index contributed by atoms with van der Waals surface area (Å²) in [4.78, 5) is 28.1. The van der Waals surface area contributed by atoms with Crippen LogP contribution in [0.5, 0.6) is 0 Å². The molecular formula is C26H26Cl2FN3O4S. The standard InChI is InChI=1S/C26H26Cl2FN3O4S/c1-30-26(34)24(14-18-7-4-3-5-8-18)31(16-19-9-6-10-20(27)13-19)25(33)17-32(37(2,35)36)21-11-12-23(29)22(28)15-21/h3-13,15,24H,14,16-17H2,1-2H3,(H,30,34). The summed E-state index contributed by atoms with van der Waals surface area (Å²) in [6, 6.07) is 18.4. The number of amides is 2. The predicted molar refractivity (Wildman–Crippen MR) is 144 cm³/mol. The fourth-order valence-corrected chi connectivity index (χ4v) is 5.04. The summed E-state index contributed by atoms with van der Waals surface area (Å²) >= 11 is 12.0. The Morgan fingerprint density at radius 2 is 1.65 bits per heavy atom. The molecule has 0 bridgehead atoms. The first-order chi connectivity index (χ1) is 17.5. The SMILES string of the molecule is CNC(=O)C(Cc1ccccc1)N(Cc1cccc(Cl)c1)C(=O)CN(c1ccc(F)c(Cl)c1)S(C)(=O)=O. The third kappa shape index (κ3) is 7.67. The molecule has 0 aromatic heterocycles. The first kappa shape index (κ1) is 28.4. The molecular weight excluding hydrogens is 540 g/mol. The van der Waals surface area contributed by atoms with Crippen molar-refractivity contribution < 1.29 is 22.4 Å². The average molecular weight is 566 g/mol. The van der Waals surface area contributed by atoms with Crippen LogP contribution in [0.4, 0.5) is 10.1 Å². The van der Waals surface area contributed by atoms with Gasteiger partial charge in [-0.2, -0.15) is 0 Å². The first-order valence-corrected chi connectivity index (χ1v) is 13.8. The van der Waals surface area contributed by atoms with Crippen LogP contribution in [-0.2, 0) is 32.6 Å². The molecule has 196 valence electrons. The van der Waals surface area contributed by atoms with Gasteiger partial charge in [0, 0.05) is 25.0 Å². The van der Waals surface area contributed by atoms with Gasteiger partial charge in [-0.25, -0.2) is 12.8 Å². The van der Waals surface area contributed by atoms with Crippen LogP contribution in [-0.4, -0.2) is 51.0 Å². The number of benzene rings is 3. The molecule has 7 nitrogen and oxygen atoms in total. The van der Waals surface area contributed by atoms with E-state index in [1.807, 2.05) is 30.3 Å². The molecule has 3 rings (SSSR count). The molecule has 0 aliphatic heterocycles. The number of hydrogen-bond acceptors (Lipinski definition) is 4. The van der Waals surface area contributed by atoms with E-state index >= 15 is 0 Å². The first-order valence-electron chi connectivity index (χ1n) is 11.2. The van der Waals surface area contributed by atoms with Crippen molar-refractivity contribution in [2.75, 3.05) is 24.2 Å². The highest BCUT2D eigenvalue weighted by atomic mass is 35.5. The smallest absolute Gasteiger partial charge is 0.244 e. The molecule has 0 heterocycles. The maximum atomic E-state index is 13.8. The van der Waals surface area contributed by atoms with Crippen molar-refractivity contribution in [3.05, 3.63) is 99.8 Å². The van der Waals surface area contributed by atoms with Crippen LogP contribution >= 0.6 is 23.2 Å². The minimum atomic E-state index is -3.98. The monoisotopic (exact) mass is 565 g/mol. The zero-order valence-electron chi connectivity index (χ0n) is 20.2. The Bertz CT molecular complexity index is 1370. The molecule has 37 heavy (non-hydrogen) atoms. The molecule has 0 fully saturated rings. The number of nitrogens with one attached hydrogen (secondary N) is 1. The van der Waals surface area contributed by atoms with Gasteiger partial charge in [-0.3, -0.25) is 13.9 Å². The second-order valence-corrected chi connectivity index (χ2v) is 11.1. The second-order valence-electron chi connectivity index (χ2n) is 8.34. The molecule has 3 aromatic rings. The van der Waals surface area contributed by atoms with Gasteiger partial charge in [-0.05, 0) is 41.5 Å². The maximum Gasteiger partial charge on any atom is 0.244 e. The fraction of sp³-hybridized carbons (Fsp3) is 0.231. The summed E-state index contributed by atoms with van der Waals surface area (Å²) in [5.74, 6) is -1.79. The van der Waals surface area contributed by atoms with E-state index in [2.05, 4.69) is 5.32 Å². The van der Waals surface area contributed by atoms with E-state index in [1.54, 1.807) is 24.3 Å². The minimum Gasteiger partial charge on any atom is -0.357 e. The van der Waals surface area contributed by atoms with Crippen LogP contribution in [0.15, 0.2) is 72.8 Å². The molecule has 0 saturated carbocycles. The van der Waals surface area contributed by atoms with Crippen LogP contribution in [0.3, 0.4) is 0 Å². The molecule has 1 N–H and O–H groups in total. The number of carbonyl (C=O) groups is 2. The van der Waals surface area contributed by atoms with E-state index < -0.39 is 40.2 Å². The normalized spacial score (nSPS) is 12.0. The van der Waals surface area contributed by atoms with Crippen molar-refractivity contribution in [2.24, 2.45) is 0 Å². The number of halogens is 3. The van der Waals surface area contributed by atoms with Crippen molar-refractivity contribution in [3.8, 4) is 0 Å². The number of anilines is 1. The zero-order chi connectivity index (χ0) is 27.2. The van der Waals surface area contributed by atoms with Gasteiger partial charge in [0.15, 0.2) is 0 Å². The molecule has 1 atom stereocenters. The summed E-state index contributed by atoms with van der Waals surface area (Å²) in [5.41, 5.74) is 1.48. The summed E-state index contributed by atoms with van der Waals surface area (Å²) in [6.45, 7) is -0.643. The van der Waals surface area contributed by atoms with Crippen LogP contribution < -0.4 is 9.62 Å². The van der Waals surface area contributed by atoms with Gasteiger partial charge < -0.3 is 10.2 Å². The Morgan fingerprint density at radius 3 is 2.24 bits per heavy atom. The zero-order valence-corrected chi connectivity index (χ0v) is 22.5. The summed E-state index contributed by atoms with van der Waals surface area (Å²) < 4.78 is 39.9. The number of rotatable bonds is 10. The summed E-state index contributed by atoms with van der Waals surface area (Å²) in [5, 5.41) is 2.75. The van der Waals surface area contributed by atoms with Gasteiger partial charge in [-0.15, -0.1) is 0 Å². The van der Waals surface area contributed by atoms with Gasteiger partial charge in [0.2, 0.25) is 21.8 Å². The van der Waals surface area contributed by atoms with E-state index in [1.165, 1.54) is 18.0 Å². The van der Waals surface area contributed by atoms with Crippen molar-refractivity contribution in [2.45, 2.75) is 19.0 Å². The lowest BCUT2D eigenvalue weighted by molar-refractivity contribution is -0.139. The Morgan fingerprint density at radius 1 is 0.973 bits per heavy atom. The molecule has 1 unspecified atom stereocenters. The highest BCUT2D eigenvalue weighted by Gasteiger charge is 2.32. The lowest BCUT2D eigenvalue weighted by atomic mass is 10.0. The molecule has 2 amide bonds. The largest absolute Gasteiger partial charge is 0.357 e. The van der Waals surface area contributed by atoms with Crippen molar-refractivity contribution in [1.29, 1.82) is 0 Å². The van der Waals surface area contributed by atoms with E-state index in [-0.39, 0.29) is 23.7 Å². The summed E-state index contributed by atoms with van der Waals surface area (Å²) in [7, 11) is -2.52. The molecule has 11 heteroatoms. The van der Waals surface area contributed by atoms with Crippen LogP contribution in [0.25, 0.3) is 0 Å². The van der Waals surface area contributed by atoms with E-state index in [0.29, 0.717) is 10.6 Å². The van der Waals surface area contributed by atoms with Crippen molar-refractivity contribution in [3.63, 3.8) is 0 Å². The van der Waals surface area contributed by atoms with E-state index in [4.69, 9.17) is 23.2 Å². The minimum absolute atomic E-state index is 0.00785. The lowest BCUT2D eigenvalue weighted by Crippen LogP contribution is -2.52. The van der Waals surface area contributed by atoms with Gasteiger partial charge >= 0.3 is 0 Å². The van der Waals surface area contributed by atoms with Crippen LogP contribution in [0, 0.1) is 5.82 Å². The fourth-order valence-electron chi connectivity index (χ4n) is 3.81. The van der Waals surface area contributed by atoms with Crippen LogP contribution in [0.1, 0.15) is 11.1 Å². The van der Waals surface area contributed by atoms with Crippen molar-refractivity contribution in [1.82, 2.24) is 10.2 Å². The molecule has 0 aliphatic rings. The molecule has 0 saturated heterocycles. The topological polar surface area (TPSA) is 86.8 Å². The highest BCUT2D eigenvalue weighted by Crippen LogP contribution is 2.25. The van der Waals surface area contributed by atoms with Crippen molar-refractivity contribution >= 4 is 50.7 Å². The third-order valence-corrected chi connectivity index (χ3v) is 7.30. The average Bonchev–Trinajstić information content (AvgIpc) is 2.86. The number of likely N-dealkylation sites (N-methyl/N-ethyl adjacent to an activating group) is 1. The Hall–Kier alpha value is -3.14. The number of sulfonamides is 1. The number of hydrogen-bond donors (Lipinski definition) is 1. The number of nitrogens with zero attached hydrogens (tertiary/aromatic N) is 2. The third-order valence-electron chi connectivity index (χ3n) is 5.63. The Labute approximate surface area is 225 Å². The Balaban J connectivity index is 2.04. The molecule has 0 spiro atoms. The molecule has 0 radical (unpaired) electrons. The van der Waals surface area contributed by atoms with E-state index in [0.717, 1.165) is 28.3 Å². The lowest BCUT2D eigenvalue weighted by Gasteiger charge is -2.33. The predicted octanol–water partition coefficient (Wildman–Crippen LogP) is 4.28. The van der Waals surface area contributed by atoms with Gasteiger partial charge in [-0.1, -0.05) is 65.7 Å². The van der Waals surface area contributed by atoms with Gasteiger partial charge in [0.25, 0.3) is 0 Å². The number of carbonyl (C=O) groups excluding carboxylic acids is 2. The maximum absolute atomic E-state index is 13.8. The second kappa shape index (κ2) is 12.4. The van der Waals surface area contributed by atoms with Gasteiger partial charge in [0.05, 0.1) is 17.0 Å². The van der Waals surface area contributed by atoms with Gasteiger partial charge in [0.1, 0.15) is 18.4 Å². The molecule has 0 aliphatic carbocycles. The summed E-state index contributed by atoms with van der Waals surface area (Å²) in [6.07, 6.45) is 1.12. The highest BCUT2D eigenvalue weighted by molar-refractivity contribution is 7.92. The quantitative estimate of drug-likeness (QED) is 0.397. The van der Waals surface area contributed by atoms with Crippen LogP contribution in [0.2, 0.25) is 10.0 Å². The Kier molecular flexibility index (Phi) is 9.53. The molecule has 3 aromatic carbocycles. The van der Waals surface area contributed by atoms with E-state index in [9.17, 15) is 22.4 Å².